The predicted octanol–water partition coefficient (Wildman–Crippen LogP) is 6.68. The van der Waals surface area contributed by atoms with E-state index in [9.17, 15) is 40.8 Å². The Balaban J connectivity index is 1.52. The second kappa shape index (κ2) is 16.2. The lowest BCUT2D eigenvalue weighted by atomic mass is 10.1. The van der Waals surface area contributed by atoms with Crippen LogP contribution in [0.1, 0.15) is 36.8 Å². The highest BCUT2D eigenvalue weighted by Crippen LogP contribution is 2.42. The first-order valence-corrected chi connectivity index (χ1v) is 15.0. The molecule has 8 N–H and O–H groups in total. The lowest BCUT2D eigenvalue weighted by Gasteiger charge is -2.22. The van der Waals surface area contributed by atoms with Gasteiger partial charge in [0, 0.05) is 31.3 Å². The number of urea groups is 1. The zero-order valence-electron chi connectivity index (χ0n) is 26.1. The van der Waals surface area contributed by atoms with Crippen molar-refractivity contribution in [2.75, 3.05) is 35.6 Å². The van der Waals surface area contributed by atoms with Crippen molar-refractivity contribution in [3.63, 3.8) is 0 Å². The number of rotatable bonds is 13. The Morgan fingerprint density at radius 3 is 2.12 bits per heavy atom. The molecule has 1 aliphatic rings. The number of ether oxygens (including phenoxy) is 2. The number of nitrogens with one attached hydrogen (secondary N) is 4. The summed E-state index contributed by atoms with van der Waals surface area (Å²) in [6, 6.07) is 7.87. The minimum Gasteiger partial charge on any atom is -0.485 e. The van der Waals surface area contributed by atoms with Gasteiger partial charge < -0.3 is 42.2 Å². The Labute approximate surface area is 280 Å². The number of hydrogen-bond donors (Lipinski definition) is 6. The smallest absolute Gasteiger partial charge is 0.416 e. The molecule has 3 amide bonds. The number of halogens is 6. The normalized spacial score (nSPS) is 14.4. The Morgan fingerprint density at radius 1 is 0.860 bits per heavy atom. The van der Waals surface area contributed by atoms with Crippen LogP contribution in [0.25, 0.3) is 0 Å². The second-order valence-electron chi connectivity index (χ2n) is 11.0. The average molecular weight is 711 g/mol. The van der Waals surface area contributed by atoms with Gasteiger partial charge in [-0.3, -0.25) is 9.79 Å². The highest BCUT2D eigenvalue weighted by molar-refractivity contribution is 6.02. The first-order chi connectivity index (χ1) is 23.6. The van der Waals surface area contributed by atoms with Crippen LogP contribution in [0.4, 0.5) is 53.9 Å². The molecule has 268 valence electrons. The maximum Gasteiger partial charge on any atom is 0.416 e. The molecule has 1 atom stereocenters. The Hall–Kier alpha value is -5.59. The van der Waals surface area contributed by atoms with Gasteiger partial charge in [-0.2, -0.15) is 26.3 Å². The molecule has 1 heterocycles. The maximum absolute atomic E-state index is 14.0. The fourth-order valence-corrected chi connectivity index (χ4v) is 4.70. The van der Waals surface area contributed by atoms with Crippen molar-refractivity contribution >= 4 is 40.6 Å². The molecule has 3 aromatic carbocycles. The maximum atomic E-state index is 14.0. The van der Waals surface area contributed by atoms with Gasteiger partial charge in [-0.25, -0.2) is 4.79 Å². The molecule has 50 heavy (non-hydrogen) atoms. The molecule has 1 aliphatic heterocycles. The molecule has 0 spiro atoms. The number of guanidine groups is 1. The Bertz CT molecular complexity index is 1710. The minimum absolute atomic E-state index is 0.0301. The summed E-state index contributed by atoms with van der Waals surface area (Å²) >= 11 is 0. The zero-order chi connectivity index (χ0) is 36.5. The second-order valence-corrected chi connectivity index (χ2v) is 11.0. The number of nitroso groups, excluding NO2 is 1. The van der Waals surface area contributed by atoms with Crippen LogP contribution in [0.15, 0.2) is 64.8 Å². The largest absolute Gasteiger partial charge is 0.485 e. The van der Waals surface area contributed by atoms with E-state index in [0.717, 1.165) is 12.1 Å². The van der Waals surface area contributed by atoms with E-state index in [1.54, 1.807) is 0 Å². The molecule has 1 fully saturated rings. The quantitative estimate of drug-likeness (QED) is 0.0372. The molecule has 0 aromatic heterocycles. The van der Waals surface area contributed by atoms with Crippen LogP contribution in [-0.4, -0.2) is 43.6 Å². The number of carbonyl (C=O) groups is 2. The first kappa shape index (κ1) is 37.2. The van der Waals surface area contributed by atoms with Gasteiger partial charge in [0.1, 0.15) is 23.3 Å². The highest BCUT2D eigenvalue weighted by atomic mass is 19.4. The van der Waals surface area contributed by atoms with E-state index in [1.807, 2.05) is 0 Å². The van der Waals surface area contributed by atoms with Crippen molar-refractivity contribution in [2.24, 2.45) is 21.6 Å². The van der Waals surface area contributed by atoms with E-state index in [4.69, 9.17) is 20.9 Å². The average Bonchev–Trinajstić information content (AvgIpc) is 3.55. The van der Waals surface area contributed by atoms with Crippen LogP contribution >= 0.6 is 0 Å². The fraction of sp³-hybridized carbons (Fsp3) is 0.323. The van der Waals surface area contributed by atoms with Gasteiger partial charge >= 0.3 is 18.4 Å². The van der Waals surface area contributed by atoms with Gasteiger partial charge in [0.15, 0.2) is 11.7 Å². The first-order valence-electron chi connectivity index (χ1n) is 15.0. The SMILES string of the molecule is NC(N)=NCCCCC(=O)Nc1cc(C(F)(F)F)cc(NC(=O)Nc2ccc(Oc3cc(N=O)cc(C(F)(F)F)c3)cc2)c1O[C@@H]1CCNC1. The van der Waals surface area contributed by atoms with Crippen molar-refractivity contribution in [1.29, 1.82) is 0 Å². The molecule has 19 heteroatoms. The summed E-state index contributed by atoms with van der Waals surface area (Å²) in [5.74, 6) is -1.20. The van der Waals surface area contributed by atoms with E-state index in [1.165, 1.54) is 24.3 Å². The van der Waals surface area contributed by atoms with Crippen LogP contribution < -0.4 is 42.2 Å². The zero-order valence-corrected chi connectivity index (χ0v) is 26.1. The summed E-state index contributed by atoms with van der Waals surface area (Å²) in [5.41, 5.74) is 7.17. The molecular formula is C31H32F6N8O5. The van der Waals surface area contributed by atoms with Crippen molar-refractivity contribution in [1.82, 2.24) is 5.32 Å². The molecule has 13 nitrogen and oxygen atoms in total. The molecule has 4 rings (SSSR count). The number of unbranched alkanes of at least 4 members (excludes halogenated alkanes) is 1. The third-order valence-electron chi connectivity index (χ3n) is 7.02. The van der Waals surface area contributed by atoms with Crippen molar-refractivity contribution in [3.8, 4) is 17.2 Å². The molecular weight excluding hydrogens is 678 g/mol. The van der Waals surface area contributed by atoms with Crippen LogP contribution in [0, 0.1) is 4.91 Å². The van der Waals surface area contributed by atoms with Gasteiger partial charge in [-0.15, -0.1) is 4.91 Å². The lowest BCUT2D eigenvalue weighted by Crippen LogP contribution is -2.25. The van der Waals surface area contributed by atoms with Crippen molar-refractivity contribution in [3.05, 3.63) is 70.6 Å². The molecule has 0 saturated carbocycles. The van der Waals surface area contributed by atoms with Crippen LogP contribution in [0.2, 0.25) is 0 Å². The van der Waals surface area contributed by atoms with E-state index < -0.39 is 47.2 Å². The number of nitrogens with two attached hydrogens (primary N) is 2. The van der Waals surface area contributed by atoms with Crippen LogP contribution in [-0.2, 0) is 17.1 Å². The summed E-state index contributed by atoms with van der Waals surface area (Å²) in [4.78, 5) is 40.5. The number of nitrogens with zero attached hydrogens (tertiary/aromatic N) is 2. The molecule has 0 bridgehead atoms. The number of alkyl halides is 6. The Kier molecular flexibility index (Phi) is 12.1. The monoisotopic (exact) mass is 710 g/mol. The third kappa shape index (κ3) is 11.0. The van der Waals surface area contributed by atoms with E-state index in [0.29, 0.717) is 50.6 Å². The lowest BCUT2D eigenvalue weighted by molar-refractivity contribution is -0.138. The molecule has 0 radical (unpaired) electrons. The van der Waals surface area contributed by atoms with Gasteiger partial charge in [0.2, 0.25) is 5.91 Å². The number of benzene rings is 3. The van der Waals surface area contributed by atoms with Gasteiger partial charge in [0.25, 0.3) is 0 Å². The summed E-state index contributed by atoms with van der Waals surface area (Å²) in [7, 11) is 0. The predicted molar refractivity (Wildman–Crippen MR) is 173 cm³/mol. The van der Waals surface area contributed by atoms with E-state index >= 15 is 0 Å². The number of anilines is 3. The fourth-order valence-electron chi connectivity index (χ4n) is 4.70. The topological polar surface area (TPSA) is 195 Å². The Morgan fingerprint density at radius 2 is 1.52 bits per heavy atom. The van der Waals surface area contributed by atoms with Gasteiger partial charge in [-0.05, 0) is 79.5 Å². The number of amides is 3. The number of carbonyl (C=O) groups excluding carboxylic acids is 2. The summed E-state index contributed by atoms with van der Waals surface area (Å²) in [6.45, 7) is 1.21. The summed E-state index contributed by atoms with van der Waals surface area (Å²) in [6.07, 6.45) is -8.89. The minimum atomic E-state index is -4.86. The summed E-state index contributed by atoms with van der Waals surface area (Å²) in [5, 5.41) is 12.9. The van der Waals surface area contributed by atoms with Gasteiger partial charge in [-0.1, -0.05) is 0 Å². The van der Waals surface area contributed by atoms with Crippen molar-refractivity contribution < 1.29 is 45.4 Å². The van der Waals surface area contributed by atoms with Crippen LogP contribution in [0.3, 0.4) is 0 Å². The molecule has 0 unspecified atom stereocenters. The third-order valence-corrected chi connectivity index (χ3v) is 7.02. The van der Waals surface area contributed by atoms with Gasteiger partial charge in [0.05, 0.1) is 22.5 Å². The number of aliphatic imine (C=N–C) groups is 1. The highest BCUT2D eigenvalue weighted by Gasteiger charge is 2.34. The molecule has 0 aliphatic carbocycles. The van der Waals surface area contributed by atoms with Crippen molar-refractivity contribution in [2.45, 2.75) is 44.1 Å². The van der Waals surface area contributed by atoms with Crippen LogP contribution in [0.5, 0.6) is 17.2 Å². The van der Waals surface area contributed by atoms with E-state index in [-0.39, 0.29) is 53.2 Å². The molecule has 3 aromatic rings. The van der Waals surface area contributed by atoms with E-state index in [2.05, 4.69) is 31.4 Å². The summed E-state index contributed by atoms with van der Waals surface area (Å²) < 4.78 is 92.9. The molecule has 1 saturated heterocycles. The number of hydrogen-bond acceptors (Lipinski definition) is 8. The standard InChI is InChI=1S/C31H32F6N8O5/c32-30(33,34)17-11-20(45-48)15-23(12-17)49-21-6-4-19(5-7-21)42-29(47)44-25-14-18(31(35,36)37)13-24(27(25)50-22-8-10-40-16-22)43-26(46)3-1-2-9-41-28(38)39/h4-7,11-15,22,40H,1-3,8-10,16H2,(H,43,46)(H4,38,39,41)(H2,42,44,47)/t22-/m1/s1.